The first-order chi connectivity index (χ1) is 13.8. The van der Waals surface area contributed by atoms with E-state index >= 15 is 0 Å². The van der Waals surface area contributed by atoms with Crippen LogP contribution in [-0.2, 0) is 4.74 Å². The number of fused-ring (bicyclic) bond motifs is 1. The maximum atomic E-state index is 9.69. The van der Waals surface area contributed by atoms with E-state index < -0.39 is 0 Å². The summed E-state index contributed by atoms with van der Waals surface area (Å²) in [7, 11) is 0. The van der Waals surface area contributed by atoms with Gasteiger partial charge in [0.2, 0.25) is 0 Å². The van der Waals surface area contributed by atoms with E-state index in [4.69, 9.17) is 9.72 Å². The van der Waals surface area contributed by atoms with Crippen LogP contribution in [0.4, 0.5) is 5.82 Å². The summed E-state index contributed by atoms with van der Waals surface area (Å²) >= 11 is 0. The first kappa shape index (κ1) is 16.7. The Morgan fingerprint density at radius 3 is 2.57 bits per heavy atom. The van der Waals surface area contributed by atoms with Crippen LogP contribution in [0.3, 0.4) is 0 Å². The zero-order valence-corrected chi connectivity index (χ0v) is 15.2. The number of H-pyrrole nitrogens is 1. The molecule has 0 amide bonds. The molecular formula is C21H19N5O2. The van der Waals surface area contributed by atoms with E-state index in [1.165, 1.54) is 0 Å². The third-order valence-corrected chi connectivity index (χ3v) is 4.98. The van der Waals surface area contributed by atoms with E-state index in [0.29, 0.717) is 13.2 Å². The standard InChI is InChI=1S/C21H19N5O2/c27-15-3-1-14(2-4-15)17-13-19(26-9-11-28-12-10-26)24-20-16(17)5-7-22-21(20)18-6-8-23-25-18/h1-8,13,27H,9-12H2,(H,23,25). The van der Waals surface area contributed by atoms with Crippen molar-refractivity contribution < 1.29 is 9.84 Å². The molecule has 0 bridgehead atoms. The minimum absolute atomic E-state index is 0.246. The summed E-state index contributed by atoms with van der Waals surface area (Å²) in [6.07, 6.45) is 3.50. The average Bonchev–Trinajstić information content (AvgIpc) is 3.28. The fraction of sp³-hybridized carbons (Fsp3) is 0.190. The van der Waals surface area contributed by atoms with Crippen LogP contribution in [0.1, 0.15) is 0 Å². The number of phenols is 1. The first-order valence-electron chi connectivity index (χ1n) is 9.21. The molecule has 140 valence electrons. The van der Waals surface area contributed by atoms with Crippen molar-refractivity contribution in [3.05, 3.63) is 54.9 Å². The van der Waals surface area contributed by atoms with Gasteiger partial charge in [0.15, 0.2) is 0 Å². The van der Waals surface area contributed by atoms with E-state index in [1.807, 2.05) is 24.3 Å². The second kappa shape index (κ2) is 6.94. The summed E-state index contributed by atoms with van der Waals surface area (Å²) in [6, 6.07) is 13.2. The Hall–Kier alpha value is -3.45. The zero-order valence-electron chi connectivity index (χ0n) is 15.2. The van der Waals surface area contributed by atoms with Crippen LogP contribution in [0.2, 0.25) is 0 Å². The van der Waals surface area contributed by atoms with E-state index in [9.17, 15) is 5.11 Å². The smallest absolute Gasteiger partial charge is 0.130 e. The van der Waals surface area contributed by atoms with Crippen LogP contribution in [0.25, 0.3) is 33.4 Å². The van der Waals surface area contributed by atoms with E-state index in [-0.39, 0.29) is 5.75 Å². The monoisotopic (exact) mass is 373 g/mol. The number of hydrogen-bond acceptors (Lipinski definition) is 6. The molecule has 0 atom stereocenters. The lowest BCUT2D eigenvalue weighted by molar-refractivity contribution is 0.122. The largest absolute Gasteiger partial charge is 0.508 e. The van der Waals surface area contributed by atoms with Crippen LogP contribution >= 0.6 is 0 Å². The summed E-state index contributed by atoms with van der Waals surface area (Å²) in [5, 5.41) is 17.7. The molecule has 5 rings (SSSR count). The lowest BCUT2D eigenvalue weighted by Crippen LogP contribution is -2.36. The molecule has 7 nitrogen and oxygen atoms in total. The Morgan fingerprint density at radius 1 is 1.00 bits per heavy atom. The highest BCUT2D eigenvalue weighted by Gasteiger charge is 2.18. The van der Waals surface area contributed by atoms with Crippen molar-refractivity contribution in [1.82, 2.24) is 20.2 Å². The maximum Gasteiger partial charge on any atom is 0.130 e. The van der Waals surface area contributed by atoms with Gasteiger partial charge in [0, 0.05) is 30.9 Å². The van der Waals surface area contributed by atoms with Gasteiger partial charge in [0.25, 0.3) is 0 Å². The van der Waals surface area contributed by atoms with Gasteiger partial charge < -0.3 is 14.7 Å². The van der Waals surface area contributed by atoms with Crippen LogP contribution < -0.4 is 4.90 Å². The topological polar surface area (TPSA) is 87.2 Å². The average molecular weight is 373 g/mol. The molecule has 1 aliphatic heterocycles. The van der Waals surface area contributed by atoms with E-state index in [2.05, 4.69) is 26.1 Å². The van der Waals surface area contributed by atoms with Crippen molar-refractivity contribution >= 4 is 16.7 Å². The molecule has 1 saturated heterocycles. The third kappa shape index (κ3) is 2.95. The minimum atomic E-state index is 0.246. The van der Waals surface area contributed by atoms with Crippen LogP contribution in [-0.4, -0.2) is 51.6 Å². The summed E-state index contributed by atoms with van der Waals surface area (Å²) in [6.45, 7) is 2.98. The predicted molar refractivity (Wildman–Crippen MR) is 107 cm³/mol. The molecule has 0 radical (unpaired) electrons. The van der Waals surface area contributed by atoms with Gasteiger partial charge in [-0.2, -0.15) is 5.10 Å². The van der Waals surface area contributed by atoms with Crippen molar-refractivity contribution in [2.45, 2.75) is 0 Å². The lowest BCUT2D eigenvalue weighted by Gasteiger charge is -2.28. The first-order valence-corrected chi connectivity index (χ1v) is 9.21. The number of aromatic hydroxyl groups is 1. The molecule has 7 heteroatoms. The third-order valence-electron chi connectivity index (χ3n) is 4.98. The van der Waals surface area contributed by atoms with Gasteiger partial charge in [-0.3, -0.25) is 10.1 Å². The minimum Gasteiger partial charge on any atom is -0.508 e. The zero-order chi connectivity index (χ0) is 18.9. The summed E-state index contributed by atoms with van der Waals surface area (Å²) in [4.78, 5) is 11.8. The molecule has 1 fully saturated rings. The number of morpholine rings is 1. The van der Waals surface area contributed by atoms with Crippen molar-refractivity contribution in [3.8, 4) is 28.3 Å². The van der Waals surface area contributed by atoms with Gasteiger partial charge in [-0.15, -0.1) is 0 Å². The highest BCUT2D eigenvalue weighted by atomic mass is 16.5. The summed E-state index contributed by atoms with van der Waals surface area (Å²) < 4.78 is 5.50. The number of aromatic amines is 1. The fourth-order valence-electron chi connectivity index (χ4n) is 3.56. The molecule has 0 spiro atoms. The number of benzene rings is 1. The number of phenolic OH excluding ortho intramolecular Hbond substituents is 1. The van der Waals surface area contributed by atoms with Gasteiger partial charge in [-0.25, -0.2) is 4.98 Å². The molecular weight excluding hydrogens is 354 g/mol. The normalized spacial score (nSPS) is 14.5. The van der Waals surface area contributed by atoms with Gasteiger partial charge >= 0.3 is 0 Å². The SMILES string of the molecule is Oc1ccc(-c2cc(N3CCOCC3)nc3c(-c4ccn[nH]4)nccc23)cc1. The number of ether oxygens (including phenoxy) is 1. The Kier molecular flexibility index (Phi) is 4.14. The van der Waals surface area contributed by atoms with Crippen molar-refractivity contribution in [2.24, 2.45) is 0 Å². The highest BCUT2D eigenvalue weighted by molar-refractivity contribution is 6.01. The van der Waals surface area contributed by atoms with Gasteiger partial charge in [-0.1, -0.05) is 12.1 Å². The van der Waals surface area contributed by atoms with E-state index in [0.717, 1.165) is 52.3 Å². The molecule has 4 aromatic rings. The quantitative estimate of drug-likeness (QED) is 0.573. The summed E-state index contributed by atoms with van der Waals surface area (Å²) in [5.41, 5.74) is 4.48. The predicted octanol–water partition coefficient (Wildman–Crippen LogP) is 3.23. The Balaban J connectivity index is 1.76. The Morgan fingerprint density at radius 2 is 1.82 bits per heavy atom. The maximum absolute atomic E-state index is 9.69. The van der Waals surface area contributed by atoms with Crippen molar-refractivity contribution in [1.29, 1.82) is 0 Å². The molecule has 1 aliphatic rings. The van der Waals surface area contributed by atoms with Crippen molar-refractivity contribution in [3.63, 3.8) is 0 Å². The molecule has 2 N–H and O–H groups in total. The van der Waals surface area contributed by atoms with Gasteiger partial charge in [-0.05, 0) is 41.5 Å². The number of hydrogen-bond donors (Lipinski definition) is 2. The van der Waals surface area contributed by atoms with Gasteiger partial charge in [0.1, 0.15) is 22.8 Å². The Labute approximate surface area is 161 Å². The molecule has 0 saturated carbocycles. The Bertz CT molecular complexity index is 1100. The fourth-order valence-corrected chi connectivity index (χ4v) is 3.56. The van der Waals surface area contributed by atoms with Crippen LogP contribution in [0, 0.1) is 0 Å². The van der Waals surface area contributed by atoms with Crippen LogP contribution in [0.15, 0.2) is 54.9 Å². The lowest BCUT2D eigenvalue weighted by atomic mass is 10.00. The highest BCUT2D eigenvalue weighted by Crippen LogP contribution is 2.35. The summed E-state index contributed by atoms with van der Waals surface area (Å²) in [5.74, 6) is 1.14. The molecule has 3 aromatic heterocycles. The molecule has 0 unspecified atom stereocenters. The molecule has 4 heterocycles. The number of nitrogens with zero attached hydrogens (tertiary/aromatic N) is 4. The second-order valence-corrected chi connectivity index (χ2v) is 6.70. The van der Waals surface area contributed by atoms with Gasteiger partial charge in [0.05, 0.1) is 18.9 Å². The number of rotatable bonds is 3. The number of anilines is 1. The second-order valence-electron chi connectivity index (χ2n) is 6.70. The number of pyridine rings is 2. The van der Waals surface area contributed by atoms with E-state index in [1.54, 1.807) is 24.5 Å². The molecule has 28 heavy (non-hydrogen) atoms. The molecule has 0 aliphatic carbocycles. The van der Waals surface area contributed by atoms with Crippen molar-refractivity contribution in [2.75, 3.05) is 31.2 Å². The number of nitrogens with one attached hydrogen (secondary N) is 1. The number of aromatic nitrogens is 4. The molecule has 1 aromatic carbocycles. The van der Waals surface area contributed by atoms with Crippen LogP contribution in [0.5, 0.6) is 5.75 Å².